The van der Waals surface area contributed by atoms with E-state index in [9.17, 15) is 18.8 Å². The Kier molecular flexibility index (Phi) is 3.34. The number of benzene rings is 1. The largest absolute Gasteiger partial charge is 0.365 e. The molecule has 136 valence electrons. The smallest absolute Gasteiger partial charge is 0.255 e. The number of hydrogen-bond acceptors (Lipinski definition) is 5. The zero-order chi connectivity index (χ0) is 18.0. The number of nitrogens with zero attached hydrogens (tertiary/aromatic N) is 2. The van der Waals surface area contributed by atoms with Gasteiger partial charge in [0.1, 0.15) is 11.9 Å². The third kappa shape index (κ3) is 2.25. The first kappa shape index (κ1) is 15.7. The number of carbonyl (C=O) groups is 3. The fourth-order valence-electron chi connectivity index (χ4n) is 4.72. The van der Waals surface area contributed by atoms with Gasteiger partial charge >= 0.3 is 0 Å². The Hall–Kier alpha value is -2.48. The Morgan fingerprint density at radius 2 is 2.00 bits per heavy atom. The zero-order valence-electron chi connectivity index (χ0n) is 14.1. The van der Waals surface area contributed by atoms with Gasteiger partial charge in [0.05, 0.1) is 0 Å². The Bertz CT molecular complexity index is 842. The molecule has 5 rings (SSSR count). The molecule has 0 aliphatic carbocycles. The highest BCUT2D eigenvalue weighted by molar-refractivity contribution is 6.06. The van der Waals surface area contributed by atoms with Crippen LogP contribution < -0.4 is 15.5 Å². The summed E-state index contributed by atoms with van der Waals surface area (Å²) in [5.41, 5.74) is 1.88. The molecular formula is C18H19FN4O3. The molecule has 3 fully saturated rings. The van der Waals surface area contributed by atoms with Crippen LogP contribution in [0.5, 0.6) is 0 Å². The van der Waals surface area contributed by atoms with Crippen molar-refractivity contribution in [2.45, 2.75) is 43.9 Å². The van der Waals surface area contributed by atoms with E-state index in [2.05, 4.69) is 15.5 Å². The minimum absolute atomic E-state index is 0.208. The molecule has 3 unspecified atom stereocenters. The molecule has 4 aliphatic rings. The number of carbonyl (C=O) groups excluding carboxylic acids is 3. The van der Waals surface area contributed by atoms with E-state index in [0.29, 0.717) is 24.1 Å². The highest BCUT2D eigenvalue weighted by Crippen LogP contribution is 2.38. The molecule has 2 N–H and O–H groups in total. The maximum absolute atomic E-state index is 14.3. The molecule has 0 aromatic heterocycles. The van der Waals surface area contributed by atoms with Gasteiger partial charge < -0.3 is 15.1 Å². The number of halogens is 1. The van der Waals surface area contributed by atoms with Gasteiger partial charge in [0.2, 0.25) is 11.8 Å². The second-order valence-corrected chi connectivity index (χ2v) is 7.50. The van der Waals surface area contributed by atoms with E-state index >= 15 is 0 Å². The Morgan fingerprint density at radius 1 is 1.15 bits per heavy atom. The average Bonchev–Trinajstić information content (AvgIpc) is 3.30. The summed E-state index contributed by atoms with van der Waals surface area (Å²) in [7, 11) is 0. The number of piperidine rings is 1. The van der Waals surface area contributed by atoms with Gasteiger partial charge in [0, 0.05) is 55.0 Å². The van der Waals surface area contributed by atoms with Crippen LogP contribution in [0.1, 0.15) is 35.2 Å². The molecule has 3 amide bonds. The van der Waals surface area contributed by atoms with Crippen LogP contribution in [0.25, 0.3) is 0 Å². The van der Waals surface area contributed by atoms with Crippen LogP contribution in [0.3, 0.4) is 0 Å². The summed E-state index contributed by atoms with van der Waals surface area (Å²) in [6.07, 6.45) is 1.54. The number of piperazine rings is 1. The molecule has 7 nitrogen and oxygen atoms in total. The number of amides is 3. The molecular weight excluding hydrogens is 339 g/mol. The Balaban J connectivity index is 1.49. The van der Waals surface area contributed by atoms with Gasteiger partial charge in [-0.25, -0.2) is 4.39 Å². The first-order valence-electron chi connectivity index (χ1n) is 8.98. The first-order chi connectivity index (χ1) is 12.5. The summed E-state index contributed by atoms with van der Waals surface area (Å²) in [5.74, 6) is -1.54. The van der Waals surface area contributed by atoms with E-state index < -0.39 is 17.8 Å². The lowest BCUT2D eigenvalue weighted by atomic mass is 10.0. The minimum Gasteiger partial charge on any atom is -0.365 e. The minimum atomic E-state index is -0.680. The van der Waals surface area contributed by atoms with Gasteiger partial charge in [-0.3, -0.25) is 19.7 Å². The van der Waals surface area contributed by atoms with Gasteiger partial charge in [-0.2, -0.15) is 0 Å². The summed E-state index contributed by atoms with van der Waals surface area (Å²) in [4.78, 5) is 40.1. The van der Waals surface area contributed by atoms with Crippen molar-refractivity contribution in [2.75, 3.05) is 18.0 Å². The van der Waals surface area contributed by atoms with Gasteiger partial charge in [-0.05, 0) is 25.0 Å². The second-order valence-electron chi connectivity index (χ2n) is 7.50. The van der Waals surface area contributed by atoms with Crippen molar-refractivity contribution in [3.63, 3.8) is 0 Å². The molecule has 3 atom stereocenters. The zero-order valence-corrected chi connectivity index (χ0v) is 14.1. The maximum Gasteiger partial charge on any atom is 0.255 e. The molecule has 4 aliphatic heterocycles. The standard InChI is InChI=1S/C18H19FN4O3/c19-9-3-12-13(15(4-9)22-7-10-5-11(22)6-20-10)8-23(18(12)26)14-1-2-16(24)21-17(14)25/h3-4,10-11,14,20H,1-2,5-8H2,(H,21,24,25). The third-order valence-electron chi connectivity index (χ3n) is 5.96. The Labute approximate surface area is 149 Å². The predicted molar refractivity (Wildman–Crippen MR) is 90.0 cm³/mol. The van der Waals surface area contributed by atoms with Crippen LogP contribution in [-0.2, 0) is 16.1 Å². The third-order valence-corrected chi connectivity index (χ3v) is 5.96. The number of anilines is 1. The summed E-state index contributed by atoms with van der Waals surface area (Å²) in [6.45, 7) is 1.94. The molecule has 0 radical (unpaired) electrons. The normalized spacial score (nSPS) is 30.2. The van der Waals surface area contributed by atoms with Gasteiger partial charge in [0.25, 0.3) is 5.91 Å². The summed E-state index contributed by atoms with van der Waals surface area (Å²) < 4.78 is 14.3. The number of hydrogen-bond donors (Lipinski definition) is 2. The number of rotatable bonds is 2. The second kappa shape index (κ2) is 5.51. The van der Waals surface area contributed by atoms with Crippen LogP contribution in [0.4, 0.5) is 10.1 Å². The van der Waals surface area contributed by atoms with Crippen LogP contribution in [-0.4, -0.2) is 53.8 Å². The topological polar surface area (TPSA) is 81.8 Å². The summed E-state index contributed by atoms with van der Waals surface area (Å²) in [6, 6.07) is 2.80. The van der Waals surface area contributed by atoms with E-state index in [4.69, 9.17) is 0 Å². The van der Waals surface area contributed by atoms with E-state index in [-0.39, 0.29) is 24.8 Å². The van der Waals surface area contributed by atoms with Gasteiger partial charge in [0.15, 0.2) is 0 Å². The number of fused-ring (bicyclic) bond motifs is 3. The molecule has 4 heterocycles. The molecule has 26 heavy (non-hydrogen) atoms. The molecule has 3 saturated heterocycles. The lowest BCUT2D eigenvalue weighted by molar-refractivity contribution is -0.136. The molecule has 2 bridgehead atoms. The van der Waals surface area contributed by atoms with Crippen molar-refractivity contribution in [3.8, 4) is 0 Å². The summed E-state index contributed by atoms with van der Waals surface area (Å²) in [5, 5.41) is 5.71. The van der Waals surface area contributed by atoms with Crippen LogP contribution in [0.15, 0.2) is 12.1 Å². The molecule has 0 spiro atoms. The lowest BCUT2D eigenvalue weighted by Gasteiger charge is -2.32. The Morgan fingerprint density at radius 3 is 2.69 bits per heavy atom. The predicted octanol–water partition coefficient (Wildman–Crippen LogP) is 0.137. The van der Waals surface area contributed by atoms with Gasteiger partial charge in [-0.1, -0.05) is 0 Å². The first-order valence-corrected chi connectivity index (χ1v) is 8.98. The van der Waals surface area contributed by atoms with E-state index in [1.165, 1.54) is 17.0 Å². The van der Waals surface area contributed by atoms with Crippen molar-refractivity contribution in [1.29, 1.82) is 0 Å². The highest BCUT2D eigenvalue weighted by Gasteiger charge is 2.43. The fraction of sp³-hybridized carbons (Fsp3) is 0.500. The number of imide groups is 1. The van der Waals surface area contributed by atoms with Crippen molar-refractivity contribution < 1.29 is 18.8 Å². The van der Waals surface area contributed by atoms with E-state index in [0.717, 1.165) is 30.8 Å². The maximum atomic E-state index is 14.3. The van der Waals surface area contributed by atoms with Crippen molar-refractivity contribution >= 4 is 23.4 Å². The van der Waals surface area contributed by atoms with E-state index in [1.807, 2.05) is 0 Å². The fourth-order valence-corrected chi connectivity index (χ4v) is 4.72. The molecule has 0 saturated carbocycles. The van der Waals surface area contributed by atoms with Crippen LogP contribution >= 0.6 is 0 Å². The van der Waals surface area contributed by atoms with Crippen molar-refractivity contribution in [2.24, 2.45) is 0 Å². The summed E-state index contributed by atoms with van der Waals surface area (Å²) >= 11 is 0. The van der Waals surface area contributed by atoms with Crippen molar-refractivity contribution in [1.82, 2.24) is 15.5 Å². The van der Waals surface area contributed by atoms with Crippen LogP contribution in [0.2, 0.25) is 0 Å². The molecule has 1 aromatic rings. The monoisotopic (exact) mass is 358 g/mol. The number of nitrogens with one attached hydrogen (secondary N) is 2. The quantitative estimate of drug-likeness (QED) is 0.735. The lowest BCUT2D eigenvalue weighted by Crippen LogP contribution is -2.52. The van der Waals surface area contributed by atoms with Gasteiger partial charge in [-0.15, -0.1) is 0 Å². The van der Waals surface area contributed by atoms with E-state index in [1.54, 1.807) is 0 Å². The molecule has 1 aromatic carbocycles. The SMILES string of the molecule is O=C1CCC(N2Cc3c(cc(F)cc3N3CC4CC3CN4)C2=O)C(=O)N1. The average molecular weight is 358 g/mol. The van der Waals surface area contributed by atoms with Crippen LogP contribution in [0, 0.1) is 5.82 Å². The molecule has 8 heteroatoms. The highest BCUT2D eigenvalue weighted by atomic mass is 19.1. The van der Waals surface area contributed by atoms with Crippen molar-refractivity contribution in [3.05, 3.63) is 29.1 Å².